The zero-order valence-electron chi connectivity index (χ0n) is 7.78. The molecular formula is C10H20. The predicted molar refractivity (Wildman–Crippen MR) is 46.0 cm³/mol. The van der Waals surface area contributed by atoms with Gasteiger partial charge in [-0.2, -0.15) is 0 Å². The van der Waals surface area contributed by atoms with E-state index in [-0.39, 0.29) is 0 Å². The average Bonchev–Trinajstić information content (AvgIpc) is 1.83. The summed E-state index contributed by atoms with van der Waals surface area (Å²) < 4.78 is 0. The Morgan fingerprint density at radius 1 is 1.20 bits per heavy atom. The molecule has 0 heterocycles. The van der Waals surface area contributed by atoms with Crippen LogP contribution in [-0.2, 0) is 0 Å². The van der Waals surface area contributed by atoms with Crippen LogP contribution in [0.1, 0.15) is 47.0 Å². The highest BCUT2D eigenvalue weighted by atomic mass is 14.4. The molecule has 0 aromatic carbocycles. The van der Waals surface area contributed by atoms with E-state index in [4.69, 9.17) is 0 Å². The second-order valence-electron chi connectivity index (χ2n) is 4.65. The first kappa shape index (κ1) is 8.10. The van der Waals surface area contributed by atoms with Crippen molar-refractivity contribution in [3.8, 4) is 0 Å². The number of hydrogen-bond acceptors (Lipinski definition) is 0. The molecule has 0 N–H and O–H groups in total. The highest BCUT2D eigenvalue weighted by molar-refractivity contribution is 4.83. The minimum atomic E-state index is 0.609. The smallest absolute Gasteiger partial charge is 0.0326 e. The zero-order valence-corrected chi connectivity index (χ0v) is 7.78. The van der Waals surface area contributed by atoms with Crippen molar-refractivity contribution in [3.05, 3.63) is 0 Å². The molecule has 0 spiro atoms. The van der Waals surface area contributed by atoms with Gasteiger partial charge in [0.2, 0.25) is 0 Å². The van der Waals surface area contributed by atoms with E-state index in [1.807, 2.05) is 0 Å². The molecule has 0 aliphatic heterocycles. The quantitative estimate of drug-likeness (QED) is 0.483. The van der Waals surface area contributed by atoms with Gasteiger partial charge in [0.25, 0.3) is 0 Å². The maximum absolute atomic E-state index is 2.41. The normalized spacial score (nSPS) is 39.6. The molecule has 1 fully saturated rings. The first-order chi connectivity index (χ1) is 4.54. The van der Waals surface area contributed by atoms with Crippen LogP contribution in [0.25, 0.3) is 0 Å². The summed E-state index contributed by atoms with van der Waals surface area (Å²) in [5, 5.41) is 0. The molecule has 0 saturated heterocycles. The Hall–Kier alpha value is 0. The summed E-state index contributed by atoms with van der Waals surface area (Å²) in [5.41, 5.74) is 0.609. The maximum atomic E-state index is 2.41. The van der Waals surface area contributed by atoms with Crippen LogP contribution in [0.5, 0.6) is 0 Å². The van der Waals surface area contributed by atoms with Crippen LogP contribution in [0.3, 0.4) is 0 Å². The molecule has 0 heteroatoms. The Morgan fingerprint density at radius 3 is 2.20 bits per heavy atom. The van der Waals surface area contributed by atoms with Gasteiger partial charge in [-0.05, 0) is 23.7 Å². The number of hydrogen-bond donors (Lipinski definition) is 0. The summed E-state index contributed by atoms with van der Waals surface area (Å²) in [4.78, 5) is 0. The molecule has 1 saturated carbocycles. The van der Waals surface area contributed by atoms with Gasteiger partial charge in [-0.1, -0.05) is 40.5 Å². The van der Waals surface area contributed by atoms with Gasteiger partial charge in [-0.3, -0.25) is 0 Å². The Labute approximate surface area is 65.0 Å². The fourth-order valence-corrected chi connectivity index (χ4v) is 2.13. The molecule has 0 aromatic rings. The molecule has 1 unspecified atom stereocenters. The Balaban J connectivity index is 2.60. The van der Waals surface area contributed by atoms with E-state index < -0.39 is 0 Å². The fourth-order valence-electron chi connectivity index (χ4n) is 2.13. The maximum Gasteiger partial charge on any atom is -0.0326 e. The van der Waals surface area contributed by atoms with Crippen LogP contribution in [-0.4, -0.2) is 0 Å². The number of rotatable bonds is 0. The van der Waals surface area contributed by atoms with Crippen molar-refractivity contribution in [2.24, 2.45) is 17.3 Å². The van der Waals surface area contributed by atoms with Crippen LogP contribution in [0.2, 0.25) is 0 Å². The third kappa shape index (κ3) is 1.36. The molecule has 60 valence electrons. The van der Waals surface area contributed by atoms with Gasteiger partial charge in [-0.25, -0.2) is 0 Å². The van der Waals surface area contributed by atoms with Crippen molar-refractivity contribution in [2.75, 3.05) is 0 Å². The van der Waals surface area contributed by atoms with Gasteiger partial charge in [0.1, 0.15) is 0 Å². The van der Waals surface area contributed by atoms with Gasteiger partial charge in [0.15, 0.2) is 0 Å². The third-order valence-corrected chi connectivity index (χ3v) is 3.57. The molecule has 10 heavy (non-hydrogen) atoms. The minimum Gasteiger partial charge on any atom is -0.0622 e. The highest BCUT2D eigenvalue weighted by Gasteiger charge is 2.32. The lowest BCUT2D eigenvalue weighted by Gasteiger charge is -2.40. The topological polar surface area (TPSA) is 0 Å². The molecule has 0 radical (unpaired) electrons. The van der Waals surface area contributed by atoms with Crippen LogP contribution in [0.15, 0.2) is 0 Å². The van der Waals surface area contributed by atoms with Crippen molar-refractivity contribution in [3.63, 3.8) is 0 Å². The van der Waals surface area contributed by atoms with E-state index in [0.29, 0.717) is 5.41 Å². The second-order valence-corrected chi connectivity index (χ2v) is 4.65. The zero-order chi connectivity index (χ0) is 7.78. The molecule has 0 bridgehead atoms. The van der Waals surface area contributed by atoms with Crippen molar-refractivity contribution in [1.29, 1.82) is 0 Å². The predicted octanol–water partition coefficient (Wildman–Crippen LogP) is 3.47. The first-order valence-corrected chi connectivity index (χ1v) is 4.54. The van der Waals surface area contributed by atoms with Crippen LogP contribution in [0.4, 0.5) is 0 Å². The van der Waals surface area contributed by atoms with Crippen LogP contribution < -0.4 is 0 Å². The largest absolute Gasteiger partial charge is 0.0622 e. The Morgan fingerprint density at radius 2 is 1.80 bits per heavy atom. The van der Waals surface area contributed by atoms with Crippen molar-refractivity contribution in [2.45, 2.75) is 47.0 Å². The SMILES string of the molecule is CC1CCCC(C)(C)[C@H]1C. The van der Waals surface area contributed by atoms with Gasteiger partial charge in [-0.15, -0.1) is 0 Å². The van der Waals surface area contributed by atoms with E-state index in [1.54, 1.807) is 0 Å². The van der Waals surface area contributed by atoms with Gasteiger partial charge < -0.3 is 0 Å². The van der Waals surface area contributed by atoms with E-state index >= 15 is 0 Å². The first-order valence-electron chi connectivity index (χ1n) is 4.54. The summed E-state index contributed by atoms with van der Waals surface area (Å²) >= 11 is 0. The molecule has 0 amide bonds. The fraction of sp³-hybridized carbons (Fsp3) is 1.00. The monoisotopic (exact) mass is 140 g/mol. The summed E-state index contributed by atoms with van der Waals surface area (Å²) in [5.74, 6) is 1.87. The summed E-state index contributed by atoms with van der Waals surface area (Å²) in [6, 6.07) is 0. The Bertz CT molecular complexity index is 113. The molecule has 1 rings (SSSR count). The standard InChI is InChI=1S/C10H20/c1-8-6-5-7-10(3,4)9(8)2/h8-9H,5-7H2,1-4H3/t8?,9-/m0/s1. The molecule has 2 atom stereocenters. The molecular weight excluding hydrogens is 120 g/mol. The van der Waals surface area contributed by atoms with E-state index in [0.717, 1.165) is 11.8 Å². The molecule has 1 aliphatic carbocycles. The molecule has 0 nitrogen and oxygen atoms in total. The second kappa shape index (κ2) is 2.56. The summed E-state index contributed by atoms with van der Waals surface area (Å²) in [6.45, 7) is 9.62. The molecule has 1 aliphatic rings. The summed E-state index contributed by atoms with van der Waals surface area (Å²) in [6.07, 6.45) is 4.32. The van der Waals surface area contributed by atoms with Gasteiger partial charge in [0, 0.05) is 0 Å². The van der Waals surface area contributed by atoms with Crippen molar-refractivity contribution in [1.82, 2.24) is 0 Å². The van der Waals surface area contributed by atoms with Crippen LogP contribution >= 0.6 is 0 Å². The third-order valence-electron chi connectivity index (χ3n) is 3.57. The van der Waals surface area contributed by atoms with E-state index in [1.165, 1.54) is 19.3 Å². The van der Waals surface area contributed by atoms with Crippen molar-refractivity contribution < 1.29 is 0 Å². The van der Waals surface area contributed by atoms with E-state index in [9.17, 15) is 0 Å². The highest BCUT2D eigenvalue weighted by Crippen LogP contribution is 2.43. The van der Waals surface area contributed by atoms with Gasteiger partial charge >= 0.3 is 0 Å². The van der Waals surface area contributed by atoms with Gasteiger partial charge in [0.05, 0.1) is 0 Å². The lowest BCUT2D eigenvalue weighted by Crippen LogP contribution is -2.31. The van der Waals surface area contributed by atoms with E-state index in [2.05, 4.69) is 27.7 Å². The van der Waals surface area contributed by atoms with Crippen molar-refractivity contribution >= 4 is 0 Å². The average molecular weight is 140 g/mol. The Kier molecular flexibility index (Phi) is 2.07. The van der Waals surface area contributed by atoms with Crippen LogP contribution in [0, 0.1) is 17.3 Å². The minimum absolute atomic E-state index is 0.609. The lowest BCUT2D eigenvalue weighted by molar-refractivity contribution is 0.0996. The summed E-state index contributed by atoms with van der Waals surface area (Å²) in [7, 11) is 0. The molecule has 0 aromatic heterocycles. The lowest BCUT2D eigenvalue weighted by atomic mass is 9.65.